The molecule has 0 fully saturated rings. The average molecular weight is 193 g/mol. The first-order chi connectivity index (χ1) is 6.31. The van der Waals surface area contributed by atoms with Gasteiger partial charge in [0.15, 0.2) is 0 Å². The van der Waals surface area contributed by atoms with E-state index in [2.05, 4.69) is 34.8 Å². The Morgan fingerprint density at radius 1 is 1.46 bits per heavy atom. The number of nitrogens with zero attached hydrogens (tertiary/aromatic N) is 3. The van der Waals surface area contributed by atoms with Gasteiger partial charge in [0.2, 0.25) is 0 Å². The predicted octanol–water partition coefficient (Wildman–Crippen LogP) is 1.83. The van der Waals surface area contributed by atoms with Crippen molar-refractivity contribution < 1.29 is 0 Å². The van der Waals surface area contributed by atoms with Gasteiger partial charge in [-0.25, -0.2) is 4.68 Å². The summed E-state index contributed by atoms with van der Waals surface area (Å²) in [5.41, 5.74) is 3.37. The Labute approximate surface area is 81.1 Å². The Kier molecular flexibility index (Phi) is 2.22. The third-order valence-corrected chi connectivity index (χ3v) is 2.61. The smallest absolute Gasteiger partial charge is 0.113 e. The zero-order valence-electron chi connectivity index (χ0n) is 7.69. The summed E-state index contributed by atoms with van der Waals surface area (Å²) < 4.78 is 1.79. The first kappa shape index (κ1) is 8.56. The molecule has 0 spiro atoms. The molecule has 0 amide bonds. The quantitative estimate of drug-likeness (QED) is 0.729. The van der Waals surface area contributed by atoms with Crippen LogP contribution in [0, 0.1) is 0 Å². The number of rotatable bonds is 2. The summed E-state index contributed by atoms with van der Waals surface area (Å²) in [7, 11) is 1.91. The van der Waals surface area contributed by atoms with Gasteiger partial charge < -0.3 is 0 Å². The van der Waals surface area contributed by atoms with Crippen molar-refractivity contribution in [1.29, 1.82) is 0 Å². The van der Waals surface area contributed by atoms with Crippen molar-refractivity contribution in [2.24, 2.45) is 7.05 Å². The van der Waals surface area contributed by atoms with Gasteiger partial charge in [-0.2, -0.15) is 11.8 Å². The van der Waals surface area contributed by atoms with E-state index in [1.165, 1.54) is 5.56 Å². The van der Waals surface area contributed by atoms with Gasteiger partial charge in [0, 0.05) is 12.8 Å². The van der Waals surface area contributed by atoms with E-state index >= 15 is 0 Å². The van der Waals surface area contributed by atoms with Gasteiger partial charge >= 0.3 is 0 Å². The number of fused-ring (bicyclic) bond motifs is 1. The van der Waals surface area contributed by atoms with Crippen LogP contribution < -0.4 is 0 Å². The molecule has 13 heavy (non-hydrogen) atoms. The van der Waals surface area contributed by atoms with Gasteiger partial charge in [0.1, 0.15) is 5.52 Å². The van der Waals surface area contributed by atoms with Gasteiger partial charge in [-0.1, -0.05) is 11.3 Å². The molecule has 0 radical (unpaired) electrons. The highest BCUT2D eigenvalue weighted by Crippen LogP contribution is 2.15. The lowest BCUT2D eigenvalue weighted by molar-refractivity contribution is 0.736. The minimum Gasteiger partial charge on any atom is -0.248 e. The van der Waals surface area contributed by atoms with Crippen molar-refractivity contribution in [3.8, 4) is 0 Å². The van der Waals surface area contributed by atoms with E-state index in [-0.39, 0.29) is 0 Å². The van der Waals surface area contributed by atoms with Crippen molar-refractivity contribution in [2.75, 3.05) is 6.26 Å². The standard InChI is InChI=1S/C9H11N3S/c1-12-9-4-3-7(6-13-2)5-8(9)10-11-12/h3-5H,6H2,1-2H3. The summed E-state index contributed by atoms with van der Waals surface area (Å²) in [4.78, 5) is 0. The molecule has 0 unspecified atom stereocenters. The SMILES string of the molecule is CSCc1ccc2c(c1)nnn2C. The molecule has 68 valence electrons. The van der Waals surface area contributed by atoms with E-state index < -0.39 is 0 Å². The Hall–Kier alpha value is -1.03. The lowest BCUT2D eigenvalue weighted by Crippen LogP contribution is -1.89. The Bertz CT molecular complexity index is 422. The van der Waals surface area contributed by atoms with Gasteiger partial charge in [0.25, 0.3) is 0 Å². The molecule has 0 atom stereocenters. The average Bonchev–Trinajstić information content (AvgIpc) is 2.48. The topological polar surface area (TPSA) is 30.7 Å². The van der Waals surface area contributed by atoms with Crippen molar-refractivity contribution in [3.63, 3.8) is 0 Å². The summed E-state index contributed by atoms with van der Waals surface area (Å²) in [6.07, 6.45) is 2.10. The molecule has 0 saturated heterocycles. The lowest BCUT2D eigenvalue weighted by Gasteiger charge is -1.97. The van der Waals surface area contributed by atoms with Crippen molar-refractivity contribution in [2.45, 2.75) is 5.75 Å². The minimum absolute atomic E-state index is 0.981. The highest BCUT2D eigenvalue weighted by molar-refractivity contribution is 7.97. The largest absolute Gasteiger partial charge is 0.248 e. The normalized spacial score (nSPS) is 10.9. The molecule has 1 aromatic carbocycles. The second kappa shape index (κ2) is 3.38. The zero-order chi connectivity index (χ0) is 9.26. The van der Waals surface area contributed by atoms with Crippen LogP contribution in [0.2, 0.25) is 0 Å². The van der Waals surface area contributed by atoms with Crippen LogP contribution in [0.4, 0.5) is 0 Å². The molecular formula is C9H11N3S. The fourth-order valence-corrected chi connectivity index (χ4v) is 1.86. The van der Waals surface area contributed by atoms with E-state index in [9.17, 15) is 0 Å². The highest BCUT2D eigenvalue weighted by atomic mass is 32.2. The molecule has 0 saturated carbocycles. The van der Waals surface area contributed by atoms with E-state index in [0.29, 0.717) is 0 Å². The number of aromatic nitrogens is 3. The number of hydrogen-bond donors (Lipinski definition) is 0. The van der Waals surface area contributed by atoms with Crippen molar-refractivity contribution in [1.82, 2.24) is 15.0 Å². The third-order valence-electron chi connectivity index (χ3n) is 1.99. The fraction of sp³-hybridized carbons (Fsp3) is 0.333. The Morgan fingerprint density at radius 3 is 3.08 bits per heavy atom. The minimum atomic E-state index is 0.981. The van der Waals surface area contributed by atoms with E-state index in [4.69, 9.17) is 0 Å². The van der Waals surface area contributed by atoms with Crippen LogP contribution in [-0.2, 0) is 12.8 Å². The maximum atomic E-state index is 4.06. The van der Waals surface area contributed by atoms with Gasteiger partial charge in [-0.3, -0.25) is 0 Å². The van der Waals surface area contributed by atoms with Gasteiger partial charge in [0.05, 0.1) is 5.52 Å². The number of thioether (sulfide) groups is 1. The molecular weight excluding hydrogens is 182 g/mol. The second-order valence-corrected chi connectivity index (χ2v) is 3.84. The van der Waals surface area contributed by atoms with Crippen LogP contribution in [0.1, 0.15) is 5.56 Å². The first-order valence-corrected chi connectivity index (χ1v) is 5.48. The van der Waals surface area contributed by atoms with E-state index in [0.717, 1.165) is 16.8 Å². The van der Waals surface area contributed by atoms with Crippen LogP contribution in [0.15, 0.2) is 18.2 Å². The predicted molar refractivity (Wildman–Crippen MR) is 55.7 cm³/mol. The molecule has 2 rings (SSSR count). The van der Waals surface area contributed by atoms with Crippen LogP contribution in [0.5, 0.6) is 0 Å². The van der Waals surface area contributed by atoms with Crippen LogP contribution in [0.25, 0.3) is 11.0 Å². The first-order valence-electron chi connectivity index (χ1n) is 4.08. The molecule has 0 N–H and O–H groups in total. The molecule has 1 heterocycles. The maximum Gasteiger partial charge on any atom is 0.113 e. The molecule has 1 aromatic heterocycles. The van der Waals surface area contributed by atoms with Gasteiger partial charge in [-0.05, 0) is 24.0 Å². The van der Waals surface area contributed by atoms with E-state index in [1.807, 2.05) is 18.8 Å². The Balaban J connectivity index is 2.50. The molecule has 0 aliphatic rings. The second-order valence-electron chi connectivity index (χ2n) is 2.97. The summed E-state index contributed by atoms with van der Waals surface area (Å²) in [5, 5.41) is 8.02. The third kappa shape index (κ3) is 1.54. The van der Waals surface area contributed by atoms with E-state index in [1.54, 1.807) is 4.68 Å². The number of hydrogen-bond acceptors (Lipinski definition) is 3. The van der Waals surface area contributed by atoms with Crippen LogP contribution in [0.3, 0.4) is 0 Å². The maximum absolute atomic E-state index is 4.06. The summed E-state index contributed by atoms with van der Waals surface area (Å²) in [6, 6.07) is 6.29. The number of aryl methyl sites for hydroxylation is 1. The molecule has 2 aromatic rings. The monoisotopic (exact) mass is 193 g/mol. The summed E-state index contributed by atoms with van der Waals surface area (Å²) in [6.45, 7) is 0. The molecule has 0 aliphatic heterocycles. The van der Waals surface area contributed by atoms with Crippen LogP contribution in [-0.4, -0.2) is 21.2 Å². The summed E-state index contributed by atoms with van der Waals surface area (Å²) in [5.74, 6) is 1.03. The molecule has 4 heteroatoms. The van der Waals surface area contributed by atoms with Crippen LogP contribution >= 0.6 is 11.8 Å². The number of benzene rings is 1. The zero-order valence-corrected chi connectivity index (χ0v) is 8.51. The lowest BCUT2D eigenvalue weighted by atomic mass is 10.2. The fourth-order valence-electron chi connectivity index (χ4n) is 1.34. The van der Waals surface area contributed by atoms with Crippen molar-refractivity contribution in [3.05, 3.63) is 23.8 Å². The van der Waals surface area contributed by atoms with Crippen molar-refractivity contribution >= 4 is 22.8 Å². The summed E-state index contributed by atoms with van der Waals surface area (Å²) >= 11 is 1.82. The van der Waals surface area contributed by atoms with Gasteiger partial charge in [-0.15, -0.1) is 5.10 Å². The molecule has 3 nitrogen and oxygen atoms in total. The Morgan fingerprint density at radius 2 is 2.31 bits per heavy atom. The molecule has 0 bridgehead atoms. The highest BCUT2D eigenvalue weighted by Gasteiger charge is 2.01. The molecule has 0 aliphatic carbocycles.